The SMILES string of the molecule is N#Cc1ccc(Oc2ccc3nc(C(=O)N[C@@H]4CCOC4=O)ccc3c2)cc1. The first-order valence-electron chi connectivity index (χ1n) is 8.69. The van der Waals surface area contributed by atoms with Gasteiger partial charge in [-0.2, -0.15) is 5.26 Å². The van der Waals surface area contributed by atoms with Crippen LogP contribution in [0.15, 0.2) is 54.6 Å². The molecule has 0 bridgehead atoms. The van der Waals surface area contributed by atoms with Crippen LogP contribution in [-0.4, -0.2) is 29.5 Å². The molecule has 0 unspecified atom stereocenters. The number of pyridine rings is 1. The van der Waals surface area contributed by atoms with Crippen LogP contribution in [0.3, 0.4) is 0 Å². The number of hydrogen-bond acceptors (Lipinski definition) is 6. The molecule has 7 nitrogen and oxygen atoms in total. The van der Waals surface area contributed by atoms with Crippen molar-refractivity contribution in [2.75, 3.05) is 6.61 Å². The van der Waals surface area contributed by atoms with E-state index < -0.39 is 17.9 Å². The molecule has 1 atom stereocenters. The molecular weight excluding hydrogens is 358 g/mol. The molecule has 3 aromatic rings. The number of carbonyl (C=O) groups excluding carboxylic acids is 2. The second kappa shape index (κ2) is 7.37. The molecule has 1 aromatic heterocycles. The molecule has 0 spiro atoms. The van der Waals surface area contributed by atoms with Crippen LogP contribution in [0.5, 0.6) is 11.5 Å². The van der Waals surface area contributed by atoms with Crippen molar-refractivity contribution >= 4 is 22.8 Å². The van der Waals surface area contributed by atoms with E-state index in [0.717, 1.165) is 5.39 Å². The molecule has 1 N–H and O–H groups in total. The van der Waals surface area contributed by atoms with Crippen molar-refractivity contribution in [1.29, 1.82) is 5.26 Å². The van der Waals surface area contributed by atoms with E-state index in [9.17, 15) is 9.59 Å². The van der Waals surface area contributed by atoms with Gasteiger partial charge < -0.3 is 14.8 Å². The number of carbonyl (C=O) groups is 2. The predicted octanol–water partition coefficient (Wildman–Crippen LogP) is 2.94. The third-order valence-corrected chi connectivity index (χ3v) is 4.35. The maximum atomic E-state index is 12.3. The normalized spacial score (nSPS) is 15.7. The van der Waals surface area contributed by atoms with Gasteiger partial charge in [0.2, 0.25) is 0 Å². The summed E-state index contributed by atoms with van der Waals surface area (Å²) in [5.74, 6) is 0.401. The van der Waals surface area contributed by atoms with Crippen molar-refractivity contribution in [1.82, 2.24) is 10.3 Å². The molecule has 0 saturated carbocycles. The highest BCUT2D eigenvalue weighted by atomic mass is 16.5. The van der Waals surface area contributed by atoms with Crippen molar-refractivity contribution in [2.24, 2.45) is 0 Å². The third-order valence-electron chi connectivity index (χ3n) is 4.35. The Hall–Kier alpha value is -3.92. The molecule has 2 heterocycles. The quantitative estimate of drug-likeness (QED) is 0.706. The Morgan fingerprint density at radius 1 is 1.14 bits per heavy atom. The Morgan fingerprint density at radius 3 is 2.64 bits per heavy atom. The number of nitrogens with zero attached hydrogens (tertiary/aromatic N) is 2. The monoisotopic (exact) mass is 373 g/mol. The number of nitrogens with one attached hydrogen (secondary N) is 1. The molecule has 4 rings (SSSR count). The van der Waals surface area contributed by atoms with Crippen LogP contribution in [0, 0.1) is 11.3 Å². The van der Waals surface area contributed by atoms with E-state index in [1.807, 2.05) is 6.07 Å². The summed E-state index contributed by atoms with van der Waals surface area (Å²) in [6.07, 6.45) is 0.466. The lowest BCUT2D eigenvalue weighted by Crippen LogP contribution is -2.38. The van der Waals surface area contributed by atoms with Gasteiger partial charge in [-0.15, -0.1) is 0 Å². The smallest absolute Gasteiger partial charge is 0.328 e. The number of ether oxygens (including phenoxy) is 2. The van der Waals surface area contributed by atoms with Gasteiger partial charge in [-0.3, -0.25) is 4.79 Å². The summed E-state index contributed by atoms with van der Waals surface area (Å²) in [6.45, 7) is 0.316. The summed E-state index contributed by atoms with van der Waals surface area (Å²) in [7, 11) is 0. The molecule has 1 saturated heterocycles. The lowest BCUT2D eigenvalue weighted by molar-refractivity contribution is -0.139. The van der Waals surface area contributed by atoms with Gasteiger partial charge >= 0.3 is 5.97 Å². The summed E-state index contributed by atoms with van der Waals surface area (Å²) in [6, 6.07) is 17.0. The zero-order valence-electron chi connectivity index (χ0n) is 14.7. The van der Waals surface area contributed by atoms with Gasteiger partial charge in [-0.05, 0) is 48.5 Å². The van der Waals surface area contributed by atoms with Gasteiger partial charge in [0.25, 0.3) is 5.91 Å². The Balaban J connectivity index is 1.51. The van der Waals surface area contributed by atoms with Crippen molar-refractivity contribution in [3.05, 3.63) is 65.9 Å². The number of nitriles is 1. The van der Waals surface area contributed by atoms with Crippen LogP contribution < -0.4 is 10.1 Å². The van der Waals surface area contributed by atoms with Gasteiger partial charge in [0.15, 0.2) is 0 Å². The Labute approximate surface area is 160 Å². The molecule has 0 radical (unpaired) electrons. The minimum absolute atomic E-state index is 0.230. The van der Waals surface area contributed by atoms with E-state index in [4.69, 9.17) is 14.7 Å². The van der Waals surface area contributed by atoms with Gasteiger partial charge in [0.05, 0.1) is 23.8 Å². The van der Waals surface area contributed by atoms with Crippen LogP contribution in [0.1, 0.15) is 22.5 Å². The summed E-state index contributed by atoms with van der Waals surface area (Å²) in [5.41, 5.74) is 1.42. The molecule has 1 aliphatic heterocycles. The highest BCUT2D eigenvalue weighted by Crippen LogP contribution is 2.25. The van der Waals surface area contributed by atoms with Crippen LogP contribution in [0.2, 0.25) is 0 Å². The number of hydrogen-bond donors (Lipinski definition) is 1. The van der Waals surface area contributed by atoms with E-state index in [-0.39, 0.29) is 5.69 Å². The van der Waals surface area contributed by atoms with E-state index in [1.165, 1.54) is 0 Å². The summed E-state index contributed by atoms with van der Waals surface area (Å²) < 4.78 is 10.6. The second-order valence-electron chi connectivity index (χ2n) is 6.27. The maximum Gasteiger partial charge on any atom is 0.328 e. The topological polar surface area (TPSA) is 101 Å². The molecule has 28 heavy (non-hydrogen) atoms. The largest absolute Gasteiger partial charge is 0.464 e. The standard InChI is InChI=1S/C21H15N3O4/c22-12-13-1-4-15(5-2-13)28-16-6-8-17-14(11-16)3-7-18(23-17)20(25)24-19-9-10-27-21(19)26/h1-8,11,19H,9-10H2,(H,24,25)/t19-/m1/s1. The highest BCUT2D eigenvalue weighted by Gasteiger charge is 2.28. The Bertz CT molecular complexity index is 1100. The zero-order valence-corrected chi connectivity index (χ0v) is 14.7. The van der Waals surface area contributed by atoms with Crippen LogP contribution in [0.25, 0.3) is 10.9 Å². The first-order valence-corrected chi connectivity index (χ1v) is 8.69. The average molecular weight is 373 g/mol. The number of benzene rings is 2. The van der Waals surface area contributed by atoms with Crippen molar-refractivity contribution in [3.8, 4) is 17.6 Å². The number of aromatic nitrogens is 1. The first-order chi connectivity index (χ1) is 13.6. The molecule has 1 amide bonds. The average Bonchev–Trinajstić information content (AvgIpc) is 3.12. The molecule has 1 fully saturated rings. The molecule has 138 valence electrons. The highest BCUT2D eigenvalue weighted by molar-refractivity contribution is 5.97. The first kappa shape index (κ1) is 17.5. The molecule has 0 aliphatic carbocycles. The van der Waals surface area contributed by atoms with E-state index in [0.29, 0.717) is 35.6 Å². The predicted molar refractivity (Wildman–Crippen MR) is 99.8 cm³/mol. The van der Waals surface area contributed by atoms with E-state index in [1.54, 1.807) is 48.5 Å². The van der Waals surface area contributed by atoms with Gasteiger partial charge in [0, 0.05) is 11.8 Å². The molecule has 1 aliphatic rings. The van der Waals surface area contributed by atoms with Crippen molar-refractivity contribution in [2.45, 2.75) is 12.5 Å². The van der Waals surface area contributed by atoms with Gasteiger partial charge in [-0.1, -0.05) is 6.07 Å². The summed E-state index contributed by atoms with van der Waals surface area (Å²) in [4.78, 5) is 28.2. The summed E-state index contributed by atoms with van der Waals surface area (Å²) >= 11 is 0. The Kier molecular flexibility index (Phi) is 4.60. The number of fused-ring (bicyclic) bond motifs is 1. The number of esters is 1. The molecule has 7 heteroatoms. The Morgan fingerprint density at radius 2 is 1.93 bits per heavy atom. The lowest BCUT2D eigenvalue weighted by atomic mass is 10.1. The number of cyclic esters (lactones) is 1. The third kappa shape index (κ3) is 3.62. The van der Waals surface area contributed by atoms with Gasteiger partial charge in [0.1, 0.15) is 23.2 Å². The number of amides is 1. The van der Waals surface area contributed by atoms with Crippen molar-refractivity contribution in [3.63, 3.8) is 0 Å². The van der Waals surface area contributed by atoms with Crippen LogP contribution in [-0.2, 0) is 9.53 Å². The van der Waals surface area contributed by atoms with Crippen molar-refractivity contribution < 1.29 is 19.1 Å². The zero-order chi connectivity index (χ0) is 19.5. The lowest BCUT2D eigenvalue weighted by Gasteiger charge is -2.10. The van der Waals surface area contributed by atoms with Crippen LogP contribution in [0.4, 0.5) is 0 Å². The second-order valence-corrected chi connectivity index (χ2v) is 6.27. The molecular formula is C21H15N3O4. The van der Waals surface area contributed by atoms with E-state index in [2.05, 4.69) is 16.4 Å². The van der Waals surface area contributed by atoms with Crippen LogP contribution >= 0.6 is 0 Å². The fraction of sp³-hybridized carbons (Fsp3) is 0.143. The molecule has 2 aromatic carbocycles. The summed E-state index contributed by atoms with van der Waals surface area (Å²) in [5, 5.41) is 12.3. The fourth-order valence-corrected chi connectivity index (χ4v) is 2.89. The maximum absolute atomic E-state index is 12.3. The van der Waals surface area contributed by atoms with Gasteiger partial charge in [-0.25, -0.2) is 9.78 Å². The fourth-order valence-electron chi connectivity index (χ4n) is 2.89. The minimum Gasteiger partial charge on any atom is -0.464 e. The van der Waals surface area contributed by atoms with E-state index >= 15 is 0 Å². The number of rotatable bonds is 4. The minimum atomic E-state index is -0.617.